The van der Waals surface area contributed by atoms with Crippen LogP contribution in [0.4, 0.5) is 0 Å². The van der Waals surface area contributed by atoms with E-state index in [0.29, 0.717) is 0 Å². The van der Waals surface area contributed by atoms with Gasteiger partial charge in [0.1, 0.15) is 11.5 Å². The highest BCUT2D eigenvalue weighted by atomic mass is 79.9. The molecule has 0 aliphatic heterocycles. The Morgan fingerprint density at radius 1 is 0.895 bits per heavy atom. The van der Waals surface area contributed by atoms with Crippen LogP contribution in [-0.4, -0.2) is 14.2 Å². The number of rotatable bonds is 4. The first-order chi connectivity index (χ1) is 9.17. The first-order valence-corrected chi connectivity index (χ1v) is 7.48. The van der Waals surface area contributed by atoms with Crippen molar-refractivity contribution in [3.05, 3.63) is 58.1 Å². The number of hydrogen-bond acceptors (Lipinski definition) is 2. The molecule has 2 rings (SSSR count). The number of hydrogen-bond donors (Lipinski definition) is 0. The van der Waals surface area contributed by atoms with Crippen molar-refractivity contribution >= 4 is 31.9 Å². The molecule has 0 bridgehead atoms. The highest BCUT2D eigenvalue weighted by Gasteiger charge is 2.19. The van der Waals surface area contributed by atoms with Gasteiger partial charge in [-0.05, 0) is 29.8 Å². The molecule has 0 amide bonds. The minimum Gasteiger partial charge on any atom is -0.496 e. The van der Waals surface area contributed by atoms with Crippen LogP contribution in [-0.2, 0) is 0 Å². The van der Waals surface area contributed by atoms with Crippen LogP contribution in [0.15, 0.2) is 46.9 Å². The molecule has 0 saturated heterocycles. The van der Waals surface area contributed by atoms with Crippen molar-refractivity contribution in [1.82, 2.24) is 0 Å². The van der Waals surface area contributed by atoms with E-state index in [0.717, 1.165) is 27.1 Å². The van der Waals surface area contributed by atoms with Crippen molar-refractivity contribution in [2.24, 2.45) is 0 Å². The molecular weight excluding hydrogens is 372 g/mol. The lowest BCUT2D eigenvalue weighted by atomic mass is 10.0. The fourth-order valence-electron chi connectivity index (χ4n) is 1.93. The fraction of sp³-hybridized carbons (Fsp3) is 0.200. The maximum atomic E-state index is 5.43. The number of ether oxygens (including phenoxy) is 2. The van der Waals surface area contributed by atoms with Crippen LogP contribution in [0.2, 0.25) is 0 Å². The Kier molecular flexibility index (Phi) is 4.88. The molecular formula is C15H14Br2O2. The van der Waals surface area contributed by atoms with Crippen molar-refractivity contribution in [2.75, 3.05) is 14.2 Å². The summed E-state index contributed by atoms with van der Waals surface area (Å²) in [5, 5.41) is 0. The monoisotopic (exact) mass is 384 g/mol. The minimum atomic E-state index is 0.0201. The Labute approximate surface area is 130 Å². The molecule has 0 aliphatic carbocycles. The minimum absolute atomic E-state index is 0.0201. The van der Waals surface area contributed by atoms with Crippen molar-refractivity contribution in [1.29, 1.82) is 0 Å². The maximum absolute atomic E-state index is 5.43. The van der Waals surface area contributed by atoms with E-state index in [-0.39, 0.29) is 4.83 Å². The van der Waals surface area contributed by atoms with Crippen LogP contribution in [0, 0.1) is 0 Å². The molecule has 0 saturated carbocycles. The molecule has 0 N–H and O–H groups in total. The maximum Gasteiger partial charge on any atom is 0.127 e. The van der Waals surface area contributed by atoms with Crippen molar-refractivity contribution in [3.63, 3.8) is 0 Å². The van der Waals surface area contributed by atoms with Gasteiger partial charge in [-0.1, -0.05) is 50.1 Å². The summed E-state index contributed by atoms with van der Waals surface area (Å²) in [4.78, 5) is 0.0201. The zero-order valence-corrected chi connectivity index (χ0v) is 13.9. The molecule has 19 heavy (non-hydrogen) atoms. The van der Waals surface area contributed by atoms with E-state index < -0.39 is 0 Å². The van der Waals surface area contributed by atoms with E-state index in [1.54, 1.807) is 14.2 Å². The third kappa shape index (κ3) is 3.12. The van der Waals surface area contributed by atoms with Gasteiger partial charge in [-0.25, -0.2) is 0 Å². The molecule has 0 spiro atoms. The third-order valence-corrected chi connectivity index (χ3v) is 4.40. The van der Waals surface area contributed by atoms with Crippen LogP contribution in [0.3, 0.4) is 0 Å². The van der Waals surface area contributed by atoms with E-state index in [1.807, 2.05) is 30.3 Å². The average molecular weight is 386 g/mol. The molecule has 0 heterocycles. The van der Waals surface area contributed by atoms with Gasteiger partial charge in [0.2, 0.25) is 0 Å². The van der Waals surface area contributed by atoms with Crippen molar-refractivity contribution < 1.29 is 9.47 Å². The quantitative estimate of drug-likeness (QED) is 0.693. The molecule has 0 fully saturated rings. The Morgan fingerprint density at radius 2 is 1.42 bits per heavy atom. The highest BCUT2D eigenvalue weighted by Crippen LogP contribution is 2.42. The average Bonchev–Trinajstić information content (AvgIpc) is 2.46. The first-order valence-electron chi connectivity index (χ1n) is 5.77. The number of alkyl halides is 1. The van der Waals surface area contributed by atoms with Crippen LogP contribution in [0.5, 0.6) is 11.5 Å². The van der Waals surface area contributed by atoms with E-state index in [4.69, 9.17) is 9.47 Å². The predicted octanol–water partition coefficient (Wildman–Crippen LogP) is 4.95. The van der Waals surface area contributed by atoms with E-state index in [1.165, 1.54) is 0 Å². The SMILES string of the molecule is COc1cccc(OC)c1C(Br)c1ccc(Br)cc1. The summed E-state index contributed by atoms with van der Waals surface area (Å²) >= 11 is 7.17. The summed E-state index contributed by atoms with van der Waals surface area (Å²) in [6.07, 6.45) is 0. The lowest BCUT2D eigenvalue weighted by molar-refractivity contribution is 0.386. The van der Waals surface area contributed by atoms with Gasteiger partial charge >= 0.3 is 0 Å². The molecule has 2 nitrogen and oxygen atoms in total. The summed E-state index contributed by atoms with van der Waals surface area (Å²) in [5.74, 6) is 1.62. The molecule has 1 unspecified atom stereocenters. The van der Waals surface area contributed by atoms with E-state index in [9.17, 15) is 0 Å². The standard InChI is InChI=1S/C15H14Br2O2/c1-18-12-4-3-5-13(19-2)14(12)15(17)10-6-8-11(16)9-7-10/h3-9,15H,1-2H3. The number of benzene rings is 2. The van der Waals surface area contributed by atoms with Gasteiger partial charge in [0.15, 0.2) is 0 Å². The van der Waals surface area contributed by atoms with E-state index in [2.05, 4.69) is 44.0 Å². The topological polar surface area (TPSA) is 18.5 Å². The Hall–Kier alpha value is -1.00. The lowest BCUT2D eigenvalue weighted by Crippen LogP contribution is -2.00. The summed E-state index contributed by atoms with van der Waals surface area (Å²) in [6.45, 7) is 0. The highest BCUT2D eigenvalue weighted by molar-refractivity contribution is 9.10. The van der Waals surface area contributed by atoms with Crippen LogP contribution in [0.1, 0.15) is 16.0 Å². The fourth-order valence-corrected chi connectivity index (χ4v) is 2.95. The molecule has 0 aromatic heterocycles. The van der Waals surface area contributed by atoms with Gasteiger partial charge in [0.05, 0.1) is 24.6 Å². The first kappa shape index (κ1) is 14.4. The molecule has 100 valence electrons. The molecule has 2 aromatic carbocycles. The molecule has 0 aliphatic rings. The number of halogens is 2. The van der Waals surface area contributed by atoms with Gasteiger partial charge < -0.3 is 9.47 Å². The molecule has 4 heteroatoms. The summed E-state index contributed by atoms with van der Waals surface area (Å²) in [7, 11) is 3.33. The van der Waals surface area contributed by atoms with Gasteiger partial charge in [-0.2, -0.15) is 0 Å². The Bertz CT molecular complexity index is 530. The second-order valence-electron chi connectivity index (χ2n) is 3.99. The molecule has 2 aromatic rings. The lowest BCUT2D eigenvalue weighted by Gasteiger charge is -2.18. The smallest absolute Gasteiger partial charge is 0.127 e. The van der Waals surface area contributed by atoms with Crippen molar-refractivity contribution in [2.45, 2.75) is 4.83 Å². The largest absolute Gasteiger partial charge is 0.496 e. The van der Waals surface area contributed by atoms with Gasteiger partial charge in [0.25, 0.3) is 0 Å². The molecule has 0 radical (unpaired) electrons. The summed E-state index contributed by atoms with van der Waals surface area (Å²) in [5.41, 5.74) is 2.14. The number of methoxy groups -OCH3 is 2. The summed E-state index contributed by atoms with van der Waals surface area (Å²) < 4.78 is 11.9. The second kappa shape index (κ2) is 6.44. The van der Waals surface area contributed by atoms with Crippen molar-refractivity contribution in [3.8, 4) is 11.5 Å². The second-order valence-corrected chi connectivity index (χ2v) is 5.82. The van der Waals surface area contributed by atoms with Gasteiger partial charge in [-0.15, -0.1) is 0 Å². The zero-order chi connectivity index (χ0) is 13.8. The summed E-state index contributed by atoms with van der Waals surface area (Å²) in [6, 6.07) is 14.0. The Morgan fingerprint density at radius 3 is 1.89 bits per heavy atom. The normalized spacial score (nSPS) is 12.0. The van der Waals surface area contributed by atoms with Crippen LogP contribution < -0.4 is 9.47 Å². The van der Waals surface area contributed by atoms with Gasteiger partial charge in [0, 0.05) is 4.47 Å². The van der Waals surface area contributed by atoms with Crippen LogP contribution in [0.25, 0.3) is 0 Å². The Balaban J connectivity index is 2.47. The molecule has 1 atom stereocenters. The van der Waals surface area contributed by atoms with Crippen LogP contribution >= 0.6 is 31.9 Å². The zero-order valence-electron chi connectivity index (χ0n) is 10.7. The van der Waals surface area contributed by atoms with Gasteiger partial charge in [-0.3, -0.25) is 0 Å². The predicted molar refractivity (Wildman–Crippen MR) is 84.5 cm³/mol. The third-order valence-electron chi connectivity index (χ3n) is 2.88. The van der Waals surface area contributed by atoms with E-state index >= 15 is 0 Å².